The molecule has 0 aliphatic carbocycles. The van der Waals surface area contributed by atoms with Gasteiger partial charge in [-0.1, -0.05) is 60.2 Å². The van der Waals surface area contributed by atoms with E-state index in [0.29, 0.717) is 10.8 Å². The van der Waals surface area contributed by atoms with Gasteiger partial charge in [-0.2, -0.15) is 5.26 Å². The molecule has 0 amide bonds. The van der Waals surface area contributed by atoms with Crippen LogP contribution in [0, 0.1) is 32.1 Å². The summed E-state index contributed by atoms with van der Waals surface area (Å²) in [6.07, 6.45) is 0. The highest BCUT2D eigenvalue weighted by molar-refractivity contribution is 8.04. The average Bonchev–Trinajstić information content (AvgIpc) is 2.76. The molecule has 0 heterocycles. The van der Waals surface area contributed by atoms with Gasteiger partial charge in [-0.25, -0.2) is 8.42 Å². The zero-order chi connectivity index (χ0) is 22.4. The first-order valence-electron chi connectivity index (χ1n) is 9.78. The molecular weight excluding hydrogens is 424 g/mol. The van der Waals surface area contributed by atoms with Gasteiger partial charge in [-0.15, -0.1) is 11.8 Å². The van der Waals surface area contributed by atoms with Crippen molar-refractivity contribution in [3.8, 4) is 6.07 Å². The molecule has 0 saturated carbocycles. The predicted molar refractivity (Wildman–Crippen MR) is 128 cm³/mol. The van der Waals surface area contributed by atoms with E-state index in [-0.39, 0.29) is 9.80 Å². The summed E-state index contributed by atoms with van der Waals surface area (Å²) in [6.45, 7) is 5.94. The standard InChI is InChI=1S/C25H24N2O2S2/c1-18-10-13-21(14-11-18)17-30-25(27-23-15-19(2)9-12-20(23)3)24(16-26)31(28,29)22-7-5-4-6-8-22/h4-15,27H,17H2,1-3H3/b25-24+. The minimum absolute atomic E-state index is 0.0998. The highest BCUT2D eigenvalue weighted by atomic mass is 32.2. The Balaban J connectivity index is 2.07. The highest BCUT2D eigenvalue weighted by Gasteiger charge is 2.25. The van der Waals surface area contributed by atoms with Crippen LogP contribution in [0.15, 0.2) is 87.6 Å². The third kappa shape index (κ3) is 5.57. The Morgan fingerprint density at radius 1 is 0.935 bits per heavy atom. The third-order valence-electron chi connectivity index (χ3n) is 4.78. The van der Waals surface area contributed by atoms with Crippen LogP contribution in [0.3, 0.4) is 0 Å². The largest absolute Gasteiger partial charge is 0.348 e. The molecule has 0 unspecified atom stereocenters. The van der Waals surface area contributed by atoms with Crippen molar-refractivity contribution in [3.05, 3.63) is 105 Å². The molecule has 31 heavy (non-hydrogen) atoms. The second-order valence-electron chi connectivity index (χ2n) is 7.30. The summed E-state index contributed by atoms with van der Waals surface area (Å²) >= 11 is 1.31. The van der Waals surface area contributed by atoms with Crippen LogP contribution in [0.25, 0.3) is 0 Å². The number of thioether (sulfide) groups is 1. The Kier molecular flexibility index (Phi) is 7.21. The maximum Gasteiger partial charge on any atom is 0.219 e. The summed E-state index contributed by atoms with van der Waals surface area (Å²) in [5, 5.41) is 13.4. The van der Waals surface area contributed by atoms with Gasteiger partial charge in [-0.3, -0.25) is 0 Å². The number of nitrogens with zero attached hydrogens (tertiary/aromatic N) is 1. The van der Waals surface area contributed by atoms with Crippen molar-refractivity contribution >= 4 is 27.3 Å². The van der Waals surface area contributed by atoms with Crippen molar-refractivity contribution in [2.24, 2.45) is 0 Å². The number of nitriles is 1. The van der Waals surface area contributed by atoms with Crippen LogP contribution in [0.4, 0.5) is 5.69 Å². The zero-order valence-electron chi connectivity index (χ0n) is 17.7. The molecule has 3 rings (SSSR count). The summed E-state index contributed by atoms with van der Waals surface area (Å²) in [4.78, 5) is -0.181. The molecule has 0 aliphatic rings. The molecule has 6 heteroatoms. The van der Waals surface area contributed by atoms with Crippen LogP contribution >= 0.6 is 11.8 Å². The fraction of sp³-hybridized carbons (Fsp3) is 0.160. The molecule has 0 saturated heterocycles. The van der Waals surface area contributed by atoms with Crippen LogP contribution < -0.4 is 5.32 Å². The normalized spacial score (nSPS) is 12.1. The Morgan fingerprint density at radius 3 is 2.23 bits per heavy atom. The van der Waals surface area contributed by atoms with Gasteiger partial charge in [0, 0.05) is 11.4 Å². The van der Waals surface area contributed by atoms with Crippen LogP contribution in [0.5, 0.6) is 0 Å². The summed E-state index contributed by atoms with van der Waals surface area (Å²) < 4.78 is 26.5. The quantitative estimate of drug-likeness (QED) is 0.441. The molecule has 1 N–H and O–H groups in total. The smallest absolute Gasteiger partial charge is 0.219 e. The molecule has 3 aromatic rings. The molecule has 0 aromatic heterocycles. The molecule has 0 radical (unpaired) electrons. The highest BCUT2D eigenvalue weighted by Crippen LogP contribution is 2.32. The van der Waals surface area contributed by atoms with E-state index in [4.69, 9.17) is 0 Å². The molecule has 0 aliphatic heterocycles. The summed E-state index contributed by atoms with van der Waals surface area (Å²) in [5.74, 6) is 0.531. The first-order chi connectivity index (χ1) is 14.8. The van der Waals surface area contributed by atoms with E-state index >= 15 is 0 Å². The molecule has 0 fully saturated rings. The molecule has 0 spiro atoms. The minimum atomic E-state index is -3.97. The lowest BCUT2D eigenvalue weighted by atomic mass is 10.1. The van der Waals surface area contributed by atoms with Crippen LogP contribution in [-0.2, 0) is 15.6 Å². The zero-order valence-corrected chi connectivity index (χ0v) is 19.3. The number of anilines is 1. The van der Waals surface area contributed by atoms with E-state index in [1.165, 1.54) is 23.9 Å². The van der Waals surface area contributed by atoms with Crippen molar-refractivity contribution in [2.75, 3.05) is 5.32 Å². The van der Waals surface area contributed by atoms with Crippen LogP contribution in [0.1, 0.15) is 22.3 Å². The van der Waals surface area contributed by atoms with Crippen molar-refractivity contribution in [1.29, 1.82) is 5.26 Å². The van der Waals surface area contributed by atoms with Crippen molar-refractivity contribution in [3.63, 3.8) is 0 Å². The van der Waals surface area contributed by atoms with Gasteiger partial charge in [0.1, 0.15) is 11.1 Å². The first kappa shape index (κ1) is 22.7. The number of benzene rings is 3. The fourth-order valence-electron chi connectivity index (χ4n) is 2.94. The number of hydrogen-bond acceptors (Lipinski definition) is 5. The van der Waals surface area contributed by atoms with Gasteiger partial charge in [0.25, 0.3) is 0 Å². The fourth-order valence-corrected chi connectivity index (χ4v) is 5.48. The Hall–Kier alpha value is -3.01. The van der Waals surface area contributed by atoms with Crippen molar-refractivity contribution in [1.82, 2.24) is 0 Å². The minimum Gasteiger partial charge on any atom is -0.348 e. The second-order valence-corrected chi connectivity index (χ2v) is 10.2. The van der Waals surface area contributed by atoms with E-state index < -0.39 is 9.84 Å². The molecular formula is C25H24N2O2S2. The van der Waals surface area contributed by atoms with Gasteiger partial charge in [0.15, 0.2) is 4.91 Å². The maximum atomic E-state index is 13.3. The monoisotopic (exact) mass is 448 g/mol. The lowest BCUT2D eigenvalue weighted by Crippen LogP contribution is -2.11. The second kappa shape index (κ2) is 9.86. The molecule has 0 bridgehead atoms. The van der Waals surface area contributed by atoms with Crippen LogP contribution in [0.2, 0.25) is 0 Å². The lowest BCUT2D eigenvalue weighted by molar-refractivity contribution is 0.603. The first-order valence-corrected chi connectivity index (χ1v) is 12.3. The number of aryl methyl sites for hydroxylation is 3. The topological polar surface area (TPSA) is 70.0 Å². The Morgan fingerprint density at radius 2 is 1.58 bits per heavy atom. The number of sulfone groups is 1. The number of hydrogen-bond donors (Lipinski definition) is 1. The summed E-state index contributed by atoms with van der Waals surface area (Å²) in [5.41, 5.74) is 4.99. The summed E-state index contributed by atoms with van der Waals surface area (Å²) in [7, 11) is -3.97. The van der Waals surface area contributed by atoms with Gasteiger partial charge >= 0.3 is 0 Å². The summed E-state index contributed by atoms with van der Waals surface area (Å²) in [6, 6.07) is 24.0. The lowest BCUT2D eigenvalue weighted by Gasteiger charge is -2.16. The van der Waals surface area contributed by atoms with Gasteiger partial charge in [-0.05, 0) is 55.7 Å². The van der Waals surface area contributed by atoms with Gasteiger partial charge in [0.2, 0.25) is 9.84 Å². The average molecular weight is 449 g/mol. The van der Waals surface area contributed by atoms with E-state index in [9.17, 15) is 13.7 Å². The molecule has 158 valence electrons. The van der Waals surface area contributed by atoms with Gasteiger partial charge < -0.3 is 5.32 Å². The Bertz CT molecular complexity index is 1240. The van der Waals surface area contributed by atoms with Gasteiger partial charge in [0.05, 0.1) is 4.90 Å². The SMILES string of the molecule is Cc1ccc(CS/C(Nc2cc(C)ccc2C)=C(\C#N)S(=O)(=O)c2ccccc2)cc1. The molecule has 4 nitrogen and oxygen atoms in total. The van der Waals surface area contributed by atoms with Crippen molar-refractivity contribution < 1.29 is 8.42 Å². The third-order valence-corrected chi connectivity index (χ3v) is 7.70. The van der Waals surface area contributed by atoms with E-state index in [2.05, 4.69) is 5.32 Å². The van der Waals surface area contributed by atoms with E-state index in [0.717, 1.165) is 27.9 Å². The van der Waals surface area contributed by atoms with E-state index in [1.807, 2.05) is 69.3 Å². The number of allylic oxidation sites excluding steroid dienone is 1. The predicted octanol–water partition coefficient (Wildman–Crippen LogP) is 6.12. The van der Waals surface area contributed by atoms with Crippen molar-refractivity contribution in [2.45, 2.75) is 31.4 Å². The Labute approximate surface area is 188 Å². The van der Waals surface area contributed by atoms with E-state index in [1.54, 1.807) is 18.2 Å². The maximum absolute atomic E-state index is 13.3. The number of rotatable bonds is 7. The molecule has 0 atom stereocenters. The molecule has 3 aromatic carbocycles. The van der Waals surface area contributed by atoms with Crippen LogP contribution in [-0.4, -0.2) is 8.42 Å². The number of nitrogens with one attached hydrogen (secondary N) is 1.